The van der Waals surface area contributed by atoms with Crippen LogP contribution in [0.5, 0.6) is 0 Å². The number of pyridine rings is 1. The van der Waals surface area contributed by atoms with Crippen LogP contribution in [0.25, 0.3) is 0 Å². The highest BCUT2D eigenvalue weighted by Crippen LogP contribution is 2.31. The maximum absolute atomic E-state index is 6.29. The Kier molecular flexibility index (Phi) is 3.29. The summed E-state index contributed by atoms with van der Waals surface area (Å²) in [6.07, 6.45) is 2.70. The fourth-order valence-electron chi connectivity index (χ4n) is 2.23. The quantitative estimate of drug-likeness (QED) is 0.912. The molecule has 98 valence electrons. The third kappa shape index (κ3) is 2.38. The van der Waals surface area contributed by atoms with Gasteiger partial charge in [-0.3, -0.25) is 4.98 Å². The van der Waals surface area contributed by atoms with Gasteiger partial charge in [-0.1, -0.05) is 11.6 Å². The number of hydrazone groups is 1. The molecule has 3 rings (SSSR count). The van der Waals surface area contributed by atoms with Crippen molar-refractivity contribution in [1.82, 2.24) is 10.4 Å². The minimum atomic E-state index is 0.122. The molecule has 1 N–H and O–H groups in total. The maximum atomic E-state index is 6.29. The van der Waals surface area contributed by atoms with E-state index in [1.807, 2.05) is 19.2 Å². The van der Waals surface area contributed by atoms with E-state index in [2.05, 4.69) is 33.9 Å². The number of hydrogen-bond acceptors (Lipinski definition) is 4. The van der Waals surface area contributed by atoms with Gasteiger partial charge in [0.1, 0.15) is 0 Å². The molecule has 3 nitrogen and oxygen atoms in total. The van der Waals surface area contributed by atoms with Gasteiger partial charge in [0.2, 0.25) is 0 Å². The Hall–Kier alpha value is -1.39. The monoisotopic (exact) mass is 291 g/mol. The van der Waals surface area contributed by atoms with Crippen molar-refractivity contribution in [3.63, 3.8) is 0 Å². The van der Waals surface area contributed by atoms with Gasteiger partial charge in [0, 0.05) is 28.9 Å². The Bertz CT molecular complexity index is 648. The largest absolute Gasteiger partial charge is 0.302 e. The van der Waals surface area contributed by atoms with E-state index in [9.17, 15) is 0 Å². The van der Waals surface area contributed by atoms with Crippen molar-refractivity contribution in [2.75, 3.05) is 0 Å². The second kappa shape index (κ2) is 4.94. The van der Waals surface area contributed by atoms with Gasteiger partial charge in [-0.2, -0.15) is 5.10 Å². The summed E-state index contributed by atoms with van der Waals surface area (Å²) in [5, 5.41) is 7.30. The Morgan fingerprint density at radius 1 is 1.42 bits per heavy atom. The molecule has 0 radical (unpaired) electrons. The topological polar surface area (TPSA) is 37.3 Å². The summed E-state index contributed by atoms with van der Waals surface area (Å²) in [6.45, 7) is 4.05. The van der Waals surface area contributed by atoms with Crippen LogP contribution in [0.3, 0.4) is 0 Å². The SMILES string of the molecule is Cc1cc(Cl)c(C2CC(c3sccc3C)=NN2)cn1. The molecule has 0 amide bonds. The molecule has 1 atom stereocenters. The molecular formula is C14H14ClN3S. The molecule has 0 aliphatic carbocycles. The van der Waals surface area contributed by atoms with E-state index in [1.165, 1.54) is 10.4 Å². The number of nitrogens with zero attached hydrogens (tertiary/aromatic N) is 2. The zero-order valence-electron chi connectivity index (χ0n) is 10.8. The van der Waals surface area contributed by atoms with Crippen LogP contribution in [0, 0.1) is 13.8 Å². The molecule has 0 saturated heterocycles. The summed E-state index contributed by atoms with van der Waals surface area (Å²) < 4.78 is 0. The lowest BCUT2D eigenvalue weighted by Crippen LogP contribution is -2.11. The molecule has 3 heterocycles. The molecule has 19 heavy (non-hydrogen) atoms. The molecule has 1 aliphatic rings. The second-order valence-electron chi connectivity index (χ2n) is 4.72. The normalized spacial score (nSPS) is 18.3. The van der Waals surface area contributed by atoms with Crippen molar-refractivity contribution in [3.05, 3.63) is 50.4 Å². The summed E-state index contributed by atoms with van der Waals surface area (Å²) in [5.41, 5.74) is 7.50. The molecule has 5 heteroatoms. The highest BCUT2D eigenvalue weighted by atomic mass is 35.5. The van der Waals surface area contributed by atoms with Crippen molar-refractivity contribution in [1.29, 1.82) is 0 Å². The molecule has 1 aliphatic heterocycles. The molecule has 0 saturated carbocycles. The van der Waals surface area contributed by atoms with Gasteiger partial charge in [-0.25, -0.2) is 0 Å². The Balaban J connectivity index is 1.83. The molecule has 2 aromatic heterocycles. The number of halogens is 1. The lowest BCUT2D eigenvalue weighted by atomic mass is 10.0. The summed E-state index contributed by atoms with van der Waals surface area (Å²) in [4.78, 5) is 5.57. The first kappa shape index (κ1) is 12.6. The fraction of sp³-hybridized carbons (Fsp3) is 0.286. The number of aryl methyl sites for hydroxylation is 2. The predicted octanol–water partition coefficient (Wildman–Crippen LogP) is 3.85. The van der Waals surface area contributed by atoms with Crippen LogP contribution in [0.2, 0.25) is 5.02 Å². The number of thiophene rings is 1. The fourth-order valence-corrected chi connectivity index (χ4v) is 3.49. The molecular weight excluding hydrogens is 278 g/mol. The van der Waals surface area contributed by atoms with Crippen LogP contribution in [0.4, 0.5) is 0 Å². The van der Waals surface area contributed by atoms with Crippen molar-refractivity contribution in [2.24, 2.45) is 5.10 Å². The molecule has 0 fully saturated rings. The molecule has 0 aromatic carbocycles. The lowest BCUT2D eigenvalue weighted by Gasteiger charge is -2.11. The van der Waals surface area contributed by atoms with Gasteiger partial charge in [-0.15, -0.1) is 11.3 Å². The minimum Gasteiger partial charge on any atom is -0.302 e. The lowest BCUT2D eigenvalue weighted by molar-refractivity contribution is 0.617. The van der Waals surface area contributed by atoms with Crippen molar-refractivity contribution in [3.8, 4) is 0 Å². The van der Waals surface area contributed by atoms with Crippen molar-refractivity contribution in [2.45, 2.75) is 26.3 Å². The number of rotatable bonds is 2. The van der Waals surface area contributed by atoms with Crippen LogP contribution in [-0.4, -0.2) is 10.7 Å². The van der Waals surface area contributed by atoms with E-state index in [0.717, 1.165) is 28.4 Å². The van der Waals surface area contributed by atoms with E-state index < -0.39 is 0 Å². The standard InChI is InChI=1S/C14H14ClN3S/c1-8-3-4-19-14(8)13-6-12(17-18-13)10-7-16-9(2)5-11(10)15/h3-5,7,12,17H,6H2,1-2H3. The van der Waals surface area contributed by atoms with Crippen LogP contribution in [0.1, 0.15) is 34.2 Å². The van der Waals surface area contributed by atoms with E-state index in [-0.39, 0.29) is 6.04 Å². The van der Waals surface area contributed by atoms with Crippen molar-refractivity contribution >= 4 is 28.6 Å². The number of aromatic nitrogens is 1. The van der Waals surface area contributed by atoms with Crippen LogP contribution in [0.15, 0.2) is 28.8 Å². The molecule has 1 unspecified atom stereocenters. The summed E-state index contributed by atoms with van der Waals surface area (Å²) in [6, 6.07) is 4.14. The smallest absolute Gasteiger partial charge is 0.0802 e. The third-order valence-corrected chi connectivity index (χ3v) is 4.66. The average molecular weight is 292 g/mol. The summed E-state index contributed by atoms with van der Waals surface area (Å²) in [7, 11) is 0. The van der Waals surface area contributed by atoms with Gasteiger partial charge in [0.05, 0.1) is 16.6 Å². The summed E-state index contributed by atoms with van der Waals surface area (Å²) >= 11 is 8.02. The van der Waals surface area contributed by atoms with Gasteiger partial charge in [0.15, 0.2) is 0 Å². The van der Waals surface area contributed by atoms with E-state index >= 15 is 0 Å². The summed E-state index contributed by atoms with van der Waals surface area (Å²) in [5.74, 6) is 0. The van der Waals surface area contributed by atoms with Gasteiger partial charge in [-0.05, 0) is 36.9 Å². The van der Waals surface area contributed by atoms with Crippen molar-refractivity contribution < 1.29 is 0 Å². The maximum Gasteiger partial charge on any atom is 0.0802 e. The molecule has 0 spiro atoms. The average Bonchev–Trinajstić information content (AvgIpc) is 2.97. The molecule has 0 bridgehead atoms. The highest BCUT2D eigenvalue weighted by Gasteiger charge is 2.24. The van der Waals surface area contributed by atoms with Gasteiger partial charge < -0.3 is 5.43 Å². The minimum absolute atomic E-state index is 0.122. The first-order valence-corrected chi connectivity index (χ1v) is 7.39. The zero-order valence-corrected chi connectivity index (χ0v) is 12.3. The Morgan fingerprint density at radius 3 is 2.95 bits per heavy atom. The first-order chi connectivity index (χ1) is 9.15. The van der Waals surface area contributed by atoms with Crippen LogP contribution < -0.4 is 5.43 Å². The van der Waals surface area contributed by atoms with Gasteiger partial charge in [0.25, 0.3) is 0 Å². The first-order valence-electron chi connectivity index (χ1n) is 6.14. The van der Waals surface area contributed by atoms with E-state index in [4.69, 9.17) is 11.6 Å². The Labute approximate surface area is 121 Å². The highest BCUT2D eigenvalue weighted by molar-refractivity contribution is 7.12. The number of hydrogen-bond donors (Lipinski definition) is 1. The van der Waals surface area contributed by atoms with E-state index in [1.54, 1.807) is 11.3 Å². The van der Waals surface area contributed by atoms with Crippen LogP contribution >= 0.6 is 22.9 Å². The zero-order chi connectivity index (χ0) is 13.4. The van der Waals surface area contributed by atoms with Gasteiger partial charge >= 0.3 is 0 Å². The predicted molar refractivity (Wildman–Crippen MR) is 80.1 cm³/mol. The van der Waals surface area contributed by atoms with Crippen LogP contribution in [-0.2, 0) is 0 Å². The Morgan fingerprint density at radius 2 is 2.26 bits per heavy atom. The third-order valence-electron chi connectivity index (χ3n) is 3.27. The number of nitrogens with one attached hydrogen (secondary N) is 1. The van der Waals surface area contributed by atoms with E-state index in [0.29, 0.717) is 0 Å². The second-order valence-corrected chi connectivity index (χ2v) is 6.05. The molecule has 2 aromatic rings.